The fourth-order valence-corrected chi connectivity index (χ4v) is 2.84. The van der Waals surface area contributed by atoms with Gasteiger partial charge >= 0.3 is 0 Å². The van der Waals surface area contributed by atoms with E-state index in [2.05, 4.69) is 4.98 Å². The molecular formula is C12H16ClNO3S. The van der Waals surface area contributed by atoms with E-state index in [1.54, 1.807) is 0 Å². The summed E-state index contributed by atoms with van der Waals surface area (Å²) in [6, 6.07) is 2.95. The SMILES string of the molecule is O=S(=O)(Cl)c1ccc(OCC2CCCCC2)nc1. The molecular weight excluding hydrogens is 274 g/mol. The highest BCUT2D eigenvalue weighted by Crippen LogP contribution is 2.24. The van der Waals surface area contributed by atoms with Gasteiger partial charge in [0.1, 0.15) is 4.90 Å². The molecule has 1 aliphatic carbocycles. The fourth-order valence-electron chi connectivity index (χ4n) is 2.15. The standard InChI is InChI=1S/C12H16ClNO3S/c13-18(15,16)11-6-7-12(14-8-11)17-9-10-4-2-1-3-5-10/h6-8,10H,1-5,9H2. The maximum Gasteiger partial charge on any atom is 0.262 e. The van der Waals surface area contributed by atoms with Crippen molar-refractivity contribution in [2.24, 2.45) is 5.92 Å². The number of nitrogens with zero attached hydrogens (tertiary/aromatic N) is 1. The number of aromatic nitrogens is 1. The van der Waals surface area contributed by atoms with E-state index in [4.69, 9.17) is 15.4 Å². The molecule has 0 saturated heterocycles. The zero-order chi connectivity index (χ0) is 13.0. The van der Waals surface area contributed by atoms with E-state index in [0.29, 0.717) is 18.4 Å². The highest BCUT2D eigenvalue weighted by atomic mass is 35.7. The van der Waals surface area contributed by atoms with Crippen molar-refractivity contribution in [1.82, 2.24) is 4.98 Å². The fraction of sp³-hybridized carbons (Fsp3) is 0.583. The minimum Gasteiger partial charge on any atom is -0.477 e. The van der Waals surface area contributed by atoms with Crippen molar-refractivity contribution in [3.63, 3.8) is 0 Å². The summed E-state index contributed by atoms with van der Waals surface area (Å²) in [5, 5.41) is 0. The average Bonchev–Trinajstić information content (AvgIpc) is 2.37. The predicted molar refractivity (Wildman–Crippen MR) is 69.3 cm³/mol. The number of hydrogen-bond acceptors (Lipinski definition) is 4. The van der Waals surface area contributed by atoms with Crippen LogP contribution in [-0.4, -0.2) is 20.0 Å². The second kappa shape index (κ2) is 5.89. The lowest BCUT2D eigenvalue weighted by molar-refractivity contribution is 0.202. The van der Waals surface area contributed by atoms with Gasteiger partial charge in [0.25, 0.3) is 9.05 Å². The maximum absolute atomic E-state index is 11.0. The van der Waals surface area contributed by atoms with E-state index >= 15 is 0 Å². The molecule has 1 aromatic rings. The molecule has 0 amide bonds. The summed E-state index contributed by atoms with van der Waals surface area (Å²) in [5.74, 6) is 1.04. The Bertz CT molecular complexity index is 481. The van der Waals surface area contributed by atoms with Crippen molar-refractivity contribution in [3.8, 4) is 5.88 Å². The van der Waals surface area contributed by atoms with Gasteiger partial charge in [-0.25, -0.2) is 13.4 Å². The average molecular weight is 290 g/mol. The van der Waals surface area contributed by atoms with Crippen LogP contribution in [0.4, 0.5) is 0 Å². The molecule has 0 unspecified atom stereocenters. The lowest BCUT2D eigenvalue weighted by Gasteiger charge is -2.21. The van der Waals surface area contributed by atoms with Crippen LogP contribution in [-0.2, 0) is 9.05 Å². The van der Waals surface area contributed by atoms with Gasteiger partial charge in [0.2, 0.25) is 5.88 Å². The van der Waals surface area contributed by atoms with Crippen molar-refractivity contribution >= 4 is 19.7 Å². The monoisotopic (exact) mass is 289 g/mol. The first kappa shape index (κ1) is 13.6. The maximum atomic E-state index is 11.0. The third-order valence-corrected chi connectivity index (χ3v) is 4.52. The Balaban J connectivity index is 1.90. The van der Waals surface area contributed by atoms with E-state index in [1.165, 1.54) is 50.4 Å². The Labute approximate surface area is 112 Å². The van der Waals surface area contributed by atoms with Crippen molar-refractivity contribution < 1.29 is 13.2 Å². The molecule has 0 atom stereocenters. The highest BCUT2D eigenvalue weighted by Gasteiger charge is 2.15. The minimum absolute atomic E-state index is 0.00539. The number of rotatable bonds is 4. The minimum atomic E-state index is -3.70. The molecule has 0 aliphatic heterocycles. The van der Waals surface area contributed by atoms with Crippen LogP contribution in [0.15, 0.2) is 23.2 Å². The molecule has 1 fully saturated rings. The van der Waals surface area contributed by atoms with E-state index in [0.717, 1.165) is 0 Å². The van der Waals surface area contributed by atoms with E-state index < -0.39 is 9.05 Å². The third kappa shape index (κ3) is 3.85. The van der Waals surface area contributed by atoms with E-state index in [1.807, 2.05) is 0 Å². The van der Waals surface area contributed by atoms with Crippen molar-refractivity contribution in [2.45, 2.75) is 37.0 Å². The van der Waals surface area contributed by atoms with Gasteiger partial charge in [-0.1, -0.05) is 19.3 Å². The van der Waals surface area contributed by atoms with Gasteiger partial charge in [0.15, 0.2) is 0 Å². The summed E-state index contributed by atoms with van der Waals surface area (Å²) in [4.78, 5) is 3.94. The van der Waals surface area contributed by atoms with Crippen LogP contribution in [0.1, 0.15) is 32.1 Å². The number of hydrogen-bond donors (Lipinski definition) is 0. The van der Waals surface area contributed by atoms with E-state index in [-0.39, 0.29) is 4.90 Å². The number of ether oxygens (including phenoxy) is 1. The van der Waals surface area contributed by atoms with Crippen molar-refractivity contribution in [3.05, 3.63) is 18.3 Å². The van der Waals surface area contributed by atoms with Crippen LogP contribution in [0.2, 0.25) is 0 Å². The Morgan fingerprint density at radius 1 is 1.28 bits per heavy atom. The molecule has 4 nitrogen and oxygen atoms in total. The first-order chi connectivity index (χ1) is 8.55. The second-order valence-corrected chi connectivity index (χ2v) is 7.15. The molecule has 1 aliphatic rings. The van der Waals surface area contributed by atoms with Gasteiger partial charge < -0.3 is 4.74 Å². The third-order valence-electron chi connectivity index (χ3n) is 3.18. The Hall–Kier alpha value is -0.810. The highest BCUT2D eigenvalue weighted by molar-refractivity contribution is 8.13. The normalized spacial score (nSPS) is 17.6. The molecule has 1 aromatic heterocycles. The Kier molecular flexibility index (Phi) is 4.45. The smallest absolute Gasteiger partial charge is 0.262 e. The first-order valence-corrected chi connectivity index (χ1v) is 8.40. The lowest BCUT2D eigenvalue weighted by Crippen LogP contribution is -2.15. The summed E-state index contributed by atoms with van der Waals surface area (Å²) >= 11 is 0. The van der Waals surface area contributed by atoms with Crippen LogP contribution < -0.4 is 4.74 Å². The van der Waals surface area contributed by atoms with Gasteiger partial charge in [-0.2, -0.15) is 0 Å². The van der Waals surface area contributed by atoms with Crippen LogP contribution in [0.25, 0.3) is 0 Å². The molecule has 18 heavy (non-hydrogen) atoms. The van der Waals surface area contributed by atoms with Gasteiger partial charge in [-0.05, 0) is 24.8 Å². The second-order valence-electron chi connectivity index (χ2n) is 4.59. The summed E-state index contributed by atoms with van der Waals surface area (Å²) in [6.45, 7) is 0.653. The van der Waals surface area contributed by atoms with Crippen molar-refractivity contribution in [2.75, 3.05) is 6.61 Å². The van der Waals surface area contributed by atoms with Gasteiger partial charge in [0, 0.05) is 16.7 Å². The van der Waals surface area contributed by atoms with E-state index in [9.17, 15) is 8.42 Å². The molecule has 0 N–H and O–H groups in total. The van der Waals surface area contributed by atoms with Gasteiger partial charge in [-0.15, -0.1) is 0 Å². The predicted octanol–water partition coefficient (Wildman–Crippen LogP) is 2.97. The van der Waals surface area contributed by atoms with Crippen molar-refractivity contribution in [1.29, 1.82) is 0 Å². The number of halogens is 1. The zero-order valence-electron chi connectivity index (χ0n) is 10.0. The quantitative estimate of drug-likeness (QED) is 0.800. The topological polar surface area (TPSA) is 56.3 Å². The molecule has 0 aromatic carbocycles. The van der Waals surface area contributed by atoms with Gasteiger partial charge in [0.05, 0.1) is 12.8 Å². The van der Waals surface area contributed by atoms with Crippen LogP contribution in [0.3, 0.4) is 0 Å². The summed E-state index contributed by atoms with van der Waals surface area (Å²) in [7, 11) is 1.50. The summed E-state index contributed by atoms with van der Waals surface area (Å²) in [5.41, 5.74) is 0. The molecule has 2 rings (SSSR count). The molecule has 1 heterocycles. The molecule has 0 bridgehead atoms. The largest absolute Gasteiger partial charge is 0.477 e. The Morgan fingerprint density at radius 3 is 2.56 bits per heavy atom. The summed E-state index contributed by atoms with van der Waals surface area (Å²) in [6.07, 6.45) is 7.48. The molecule has 1 saturated carbocycles. The Morgan fingerprint density at radius 2 is 2.00 bits per heavy atom. The van der Waals surface area contributed by atoms with Crippen LogP contribution >= 0.6 is 10.7 Å². The van der Waals surface area contributed by atoms with Gasteiger partial charge in [-0.3, -0.25) is 0 Å². The molecule has 0 radical (unpaired) electrons. The molecule has 100 valence electrons. The first-order valence-electron chi connectivity index (χ1n) is 6.09. The lowest BCUT2D eigenvalue weighted by atomic mass is 9.90. The molecule has 0 spiro atoms. The number of pyridine rings is 1. The summed E-state index contributed by atoms with van der Waals surface area (Å²) < 4.78 is 27.6. The molecule has 6 heteroatoms. The van der Waals surface area contributed by atoms with Crippen LogP contribution in [0.5, 0.6) is 5.88 Å². The zero-order valence-corrected chi connectivity index (χ0v) is 11.6. The van der Waals surface area contributed by atoms with Crippen LogP contribution in [0, 0.1) is 5.92 Å².